The van der Waals surface area contributed by atoms with Crippen molar-refractivity contribution in [2.75, 3.05) is 0 Å². The Kier molecular flexibility index (Phi) is 1.60. The standard InChI is InChI=1S/C16H13N/c1-2-4-13(5-3-1)12-16-10-8-14-6-7-15(9-11-16)17(14)16/h1-11H,12H2. The van der Waals surface area contributed by atoms with Gasteiger partial charge >= 0.3 is 0 Å². The van der Waals surface area contributed by atoms with E-state index in [1.54, 1.807) is 0 Å². The van der Waals surface area contributed by atoms with Crippen LogP contribution in [-0.2, 0) is 12.0 Å². The van der Waals surface area contributed by atoms with Crippen LogP contribution in [0.4, 0.5) is 0 Å². The molecule has 1 heteroatoms. The number of hydrogen-bond donors (Lipinski definition) is 0. The zero-order valence-electron chi connectivity index (χ0n) is 9.51. The van der Waals surface area contributed by atoms with E-state index < -0.39 is 0 Å². The van der Waals surface area contributed by atoms with Gasteiger partial charge in [-0.25, -0.2) is 0 Å². The third kappa shape index (κ3) is 1.14. The maximum absolute atomic E-state index is 2.43. The lowest BCUT2D eigenvalue weighted by Gasteiger charge is -2.25. The van der Waals surface area contributed by atoms with E-state index >= 15 is 0 Å². The van der Waals surface area contributed by atoms with Crippen LogP contribution in [0.3, 0.4) is 0 Å². The van der Waals surface area contributed by atoms with Gasteiger partial charge in [0.1, 0.15) is 0 Å². The lowest BCUT2D eigenvalue weighted by Crippen LogP contribution is -2.27. The molecule has 0 atom stereocenters. The molecule has 2 aliphatic rings. The van der Waals surface area contributed by atoms with Crippen LogP contribution >= 0.6 is 0 Å². The van der Waals surface area contributed by atoms with E-state index in [1.807, 2.05) is 0 Å². The molecule has 2 aromatic rings. The zero-order chi connectivity index (χ0) is 11.3. The maximum atomic E-state index is 2.43. The van der Waals surface area contributed by atoms with Crippen molar-refractivity contribution in [3.63, 3.8) is 0 Å². The van der Waals surface area contributed by atoms with Gasteiger partial charge in [-0.15, -0.1) is 0 Å². The highest BCUT2D eigenvalue weighted by atomic mass is 15.1. The number of benzene rings is 1. The van der Waals surface area contributed by atoms with E-state index in [4.69, 9.17) is 0 Å². The lowest BCUT2D eigenvalue weighted by molar-refractivity contribution is 0.489. The number of hydrogen-bond acceptors (Lipinski definition) is 0. The zero-order valence-corrected chi connectivity index (χ0v) is 9.51. The second-order valence-corrected chi connectivity index (χ2v) is 4.84. The van der Waals surface area contributed by atoms with Crippen LogP contribution in [0, 0.1) is 0 Å². The first-order valence-electron chi connectivity index (χ1n) is 6.02. The molecule has 4 rings (SSSR count). The first kappa shape index (κ1) is 9.06. The topological polar surface area (TPSA) is 4.93 Å². The summed E-state index contributed by atoms with van der Waals surface area (Å²) >= 11 is 0. The normalized spacial score (nSPS) is 17.6. The summed E-state index contributed by atoms with van der Waals surface area (Å²) in [6, 6.07) is 15.1. The smallest absolute Gasteiger partial charge is 0.0864 e. The molecule has 0 spiro atoms. The first-order chi connectivity index (χ1) is 8.37. The third-order valence-corrected chi connectivity index (χ3v) is 3.77. The van der Waals surface area contributed by atoms with E-state index in [1.165, 1.54) is 17.0 Å². The summed E-state index contributed by atoms with van der Waals surface area (Å²) in [5, 5.41) is 0. The first-order valence-corrected chi connectivity index (χ1v) is 6.02. The van der Waals surface area contributed by atoms with Crippen LogP contribution in [0.25, 0.3) is 12.2 Å². The molecule has 0 N–H and O–H groups in total. The summed E-state index contributed by atoms with van der Waals surface area (Å²) in [5.74, 6) is 0. The number of allylic oxidation sites excluding steroid dienone is 2. The monoisotopic (exact) mass is 219 g/mol. The molecule has 2 aliphatic heterocycles. The molecule has 3 heterocycles. The molecule has 0 aliphatic carbocycles. The minimum atomic E-state index is 0.0511. The maximum Gasteiger partial charge on any atom is 0.0864 e. The van der Waals surface area contributed by atoms with Gasteiger partial charge in [0.25, 0.3) is 0 Å². The quantitative estimate of drug-likeness (QED) is 0.728. The van der Waals surface area contributed by atoms with Crippen molar-refractivity contribution >= 4 is 12.2 Å². The Balaban J connectivity index is 1.82. The van der Waals surface area contributed by atoms with Crippen LogP contribution < -0.4 is 0 Å². The minimum absolute atomic E-state index is 0.0511. The molecule has 1 aromatic heterocycles. The molecule has 0 amide bonds. The Hall–Kier alpha value is -2.02. The second kappa shape index (κ2) is 3.01. The fourth-order valence-electron chi connectivity index (χ4n) is 2.99. The lowest BCUT2D eigenvalue weighted by atomic mass is 9.92. The van der Waals surface area contributed by atoms with Gasteiger partial charge < -0.3 is 4.57 Å². The van der Waals surface area contributed by atoms with Gasteiger partial charge in [-0.05, 0) is 29.8 Å². The van der Waals surface area contributed by atoms with Gasteiger partial charge in [-0.2, -0.15) is 0 Å². The molecule has 82 valence electrons. The van der Waals surface area contributed by atoms with Crippen LogP contribution in [0.15, 0.2) is 54.6 Å². The summed E-state index contributed by atoms with van der Waals surface area (Å²) < 4.78 is 2.43. The summed E-state index contributed by atoms with van der Waals surface area (Å²) in [6.45, 7) is 0. The minimum Gasteiger partial charge on any atom is -0.328 e. The van der Waals surface area contributed by atoms with Crippen molar-refractivity contribution < 1.29 is 0 Å². The Morgan fingerprint density at radius 1 is 0.824 bits per heavy atom. The third-order valence-electron chi connectivity index (χ3n) is 3.77. The molecule has 17 heavy (non-hydrogen) atoms. The molecular weight excluding hydrogens is 206 g/mol. The predicted octanol–water partition coefficient (Wildman–Crippen LogP) is 3.48. The summed E-state index contributed by atoms with van der Waals surface area (Å²) in [4.78, 5) is 0. The largest absolute Gasteiger partial charge is 0.328 e. The number of nitrogens with zero attached hydrogens (tertiary/aromatic N) is 1. The van der Waals surface area contributed by atoms with E-state index in [0.717, 1.165) is 6.42 Å². The molecule has 0 fully saturated rings. The molecule has 0 radical (unpaired) electrons. The summed E-state index contributed by atoms with van der Waals surface area (Å²) in [5.41, 5.74) is 4.08. The Bertz CT molecular complexity index is 597. The fourth-order valence-corrected chi connectivity index (χ4v) is 2.99. The van der Waals surface area contributed by atoms with Crippen LogP contribution in [-0.4, -0.2) is 4.57 Å². The van der Waals surface area contributed by atoms with Gasteiger partial charge in [0.2, 0.25) is 0 Å². The number of rotatable bonds is 2. The van der Waals surface area contributed by atoms with Gasteiger partial charge in [0, 0.05) is 17.8 Å². The van der Waals surface area contributed by atoms with E-state index in [9.17, 15) is 0 Å². The van der Waals surface area contributed by atoms with Crippen LogP contribution in [0.5, 0.6) is 0 Å². The Morgan fingerprint density at radius 2 is 1.47 bits per heavy atom. The molecule has 1 nitrogen and oxygen atoms in total. The van der Waals surface area contributed by atoms with Gasteiger partial charge in [0.05, 0.1) is 5.54 Å². The molecule has 1 aromatic carbocycles. The molecule has 0 saturated heterocycles. The van der Waals surface area contributed by atoms with Gasteiger partial charge in [-0.1, -0.05) is 42.5 Å². The van der Waals surface area contributed by atoms with E-state index in [-0.39, 0.29) is 5.54 Å². The van der Waals surface area contributed by atoms with Crippen molar-refractivity contribution in [1.82, 2.24) is 4.57 Å². The van der Waals surface area contributed by atoms with Crippen LogP contribution in [0.2, 0.25) is 0 Å². The van der Waals surface area contributed by atoms with E-state index in [0.29, 0.717) is 0 Å². The predicted molar refractivity (Wildman–Crippen MR) is 70.6 cm³/mol. The second-order valence-electron chi connectivity index (χ2n) is 4.84. The summed E-state index contributed by atoms with van der Waals surface area (Å²) in [7, 11) is 0. The SMILES string of the molecule is C1=CC2(Cc3ccccc3)C=Cc3ccc1n32. The van der Waals surface area contributed by atoms with Gasteiger partial charge in [-0.3, -0.25) is 0 Å². The molecule has 0 saturated carbocycles. The average molecular weight is 219 g/mol. The Morgan fingerprint density at radius 3 is 2.12 bits per heavy atom. The summed E-state index contributed by atoms with van der Waals surface area (Å²) in [6.07, 6.45) is 10.1. The molecule has 0 bridgehead atoms. The van der Waals surface area contributed by atoms with Gasteiger partial charge in [0.15, 0.2) is 0 Å². The van der Waals surface area contributed by atoms with Crippen molar-refractivity contribution in [2.45, 2.75) is 12.0 Å². The van der Waals surface area contributed by atoms with E-state index in [2.05, 4.69) is 71.3 Å². The number of aromatic nitrogens is 1. The molecular formula is C16H13N. The van der Waals surface area contributed by atoms with Crippen molar-refractivity contribution in [3.8, 4) is 0 Å². The van der Waals surface area contributed by atoms with Crippen molar-refractivity contribution in [1.29, 1.82) is 0 Å². The fraction of sp³-hybridized carbons (Fsp3) is 0.125. The highest BCUT2D eigenvalue weighted by Gasteiger charge is 2.36. The highest BCUT2D eigenvalue weighted by molar-refractivity contribution is 5.67. The average Bonchev–Trinajstić information content (AvgIpc) is 2.98. The molecule has 0 unspecified atom stereocenters. The van der Waals surface area contributed by atoms with Crippen LogP contribution in [0.1, 0.15) is 17.0 Å². The van der Waals surface area contributed by atoms with Crippen molar-refractivity contribution in [3.05, 3.63) is 71.6 Å². The van der Waals surface area contributed by atoms with Crippen molar-refractivity contribution in [2.24, 2.45) is 0 Å². The highest BCUT2D eigenvalue weighted by Crippen LogP contribution is 2.40. The Labute approximate surface area is 101 Å².